The maximum atomic E-state index is 13.2. The number of ether oxygens (including phenoxy) is 1. The van der Waals surface area contributed by atoms with E-state index in [9.17, 15) is 9.18 Å². The van der Waals surface area contributed by atoms with Gasteiger partial charge in [0.1, 0.15) is 6.61 Å². The van der Waals surface area contributed by atoms with Crippen molar-refractivity contribution in [3.63, 3.8) is 0 Å². The van der Waals surface area contributed by atoms with E-state index in [1.165, 1.54) is 18.2 Å². The number of aldehydes is 1. The molecular formula is C10H9FO2. The Kier molecular flexibility index (Phi) is 3.20. The first-order valence-electron chi connectivity index (χ1n) is 3.77. The number of rotatable bonds is 4. The Morgan fingerprint density at radius 2 is 2.31 bits per heavy atom. The van der Waals surface area contributed by atoms with Crippen molar-refractivity contribution >= 4 is 6.29 Å². The van der Waals surface area contributed by atoms with Gasteiger partial charge in [-0.05, 0) is 12.1 Å². The minimum Gasteiger partial charge on any atom is -0.486 e. The summed E-state index contributed by atoms with van der Waals surface area (Å²) in [5.41, 5.74) is 0.00145. The molecule has 68 valence electrons. The van der Waals surface area contributed by atoms with Crippen molar-refractivity contribution in [3.8, 4) is 5.75 Å². The molecule has 0 N–H and O–H groups in total. The van der Waals surface area contributed by atoms with Gasteiger partial charge in [0, 0.05) is 0 Å². The van der Waals surface area contributed by atoms with Crippen LogP contribution in [0.25, 0.3) is 0 Å². The SMILES string of the molecule is C=CCOc1cccc(C=O)c1F. The molecule has 0 heterocycles. The summed E-state index contributed by atoms with van der Waals surface area (Å²) in [5.74, 6) is -0.552. The average molecular weight is 180 g/mol. The van der Waals surface area contributed by atoms with E-state index in [1.807, 2.05) is 0 Å². The Labute approximate surface area is 75.6 Å². The van der Waals surface area contributed by atoms with Crippen LogP contribution < -0.4 is 4.74 Å². The Bertz CT molecular complexity index is 321. The highest BCUT2D eigenvalue weighted by atomic mass is 19.1. The number of carbonyl (C=O) groups is 1. The molecule has 0 spiro atoms. The third kappa shape index (κ3) is 2.15. The largest absolute Gasteiger partial charge is 0.486 e. The lowest BCUT2D eigenvalue weighted by molar-refractivity contribution is 0.111. The molecule has 0 bridgehead atoms. The minimum absolute atomic E-state index is 0.00145. The van der Waals surface area contributed by atoms with Crippen LogP contribution in [0, 0.1) is 5.82 Å². The van der Waals surface area contributed by atoms with Gasteiger partial charge in [0.25, 0.3) is 0 Å². The molecule has 0 aliphatic heterocycles. The van der Waals surface area contributed by atoms with Gasteiger partial charge < -0.3 is 4.74 Å². The van der Waals surface area contributed by atoms with Gasteiger partial charge in [0.15, 0.2) is 17.9 Å². The molecular weight excluding hydrogens is 171 g/mol. The third-order valence-corrected chi connectivity index (χ3v) is 1.48. The van der Waals surface area contributed by atoms with Crippen LogP contribution in [0.5, 0.6) is 5.75 Å². The second-order valence-corrected chi connectivity index (χ2v) is 2.38. The van der Waals surface area contributed by atoms with Crippen LogP contribution in [-0.2, 0) is 0 Å². The van der Waals surface area contributed by atoms with Gasteiger partial charge in [-0.15, -0.1) is 0 Å². The van der Waals surface area contributed by atoms with E-state index in [4.69, 9.17) is 4.74 Å². The smallest absolute Gasteiger partial charge is 0.175 e. The molecule has 0 atom stereocenters. The van der Waals surface area contributed by atoms with Crippen molar-refractivity contribution in [1.82, 2.24) is 0 Å². The Morgan fingerprint density at radius 1 is 1.54 bits per heavy atom. The van der Waals surface area contributed by atoms with Gasteiger partial charge >= 0.3 is 0 Å². The summed E-state index contributed by atoms with van der Waals surface area (Å²) in [4.78, 5) is 10.3. The summed E-state index contributed by atoms with van der Waals surface area (Å²) in [5, 5.41) is 0. The molecule has 0 aliphatic carbocycles. The van der Waals surface area contributed by atoms with Crippen molar-refractivity contribution in [1.29, 1.82) is 0 Å². The van der Waals surface area contributed by atoms with Gasteiger partial charge in [-0.25, -0.2) is 4.39 Å². The normalized spacial score (nSPS) is 9.31. The maximum Gasteiger partial charge on any atom is 0.175 e. The van der Waals surface area contributed by atoms with E-state index in [2.05, 4.69) is 6.58 Å². The summed E-state index contributed by atoms with van der Waals surface area (Å²) in [6.07, 6.45) is 1.96. The molecule has 0 unspecified atom stereocenters. The Morgan fingerprint density at radius 3 is 2.92 bits per heavy atom. The number of benzene rings is 1. The zero-order chi connectivity index (χ0) is 9.68. The molecule has 13 heavy (non-hydrogen) atoms. The monoisotopic (exact) mass is 180 g/mol. The standard InChI is InChI=1S/C10H9FO2/c1-2-6-13-9-5-3-4-8(7-12)10(9)11/h2-5,7H,1,6H2. The van der Waals surface area contributed by atoms with Crippen molar-refractivity contribution in [3.05, 3.63) is 42.2 Å². The van der Waals surface area contributed by atoms with Crippen LogP contribution in [0.3, 0.4) is 0 Å². The van der Waals surface area contributed by atoms with E-state index in [0.29, 0.717) is 6.29 Å². The Hall–Kier alpha value is -1.64. The molecule has 1 aromatic rings. The molecule has 0 aromatic heterocycles. The predicted octanol–water partition coefficient (Wildman–Crippen LogP) is 2.20. The van der Waals surface area contributed by atoms with Crippen molar-refractivity contribution < 1.29 is 13.9 Å². The molecule has 0 saturated heterocycles. The zero-order valence-electron chi connectivity index (χ0n) is 7.00. The molecule has 0 saturated carbocycles. The summed E-state index contributed by atoms with van der Waals surface area (Å²) < 4.78 is 18.2. The van der Waals surface area contributed by atoms with Crippen molar-refractivity contribution in [2.75, 3.05) is 6.61 Å². The van der Waals surface area contributed by atoms with Gasteiger partial charge in [-0.1, -0.05) is 18.7 Å². The molecule has 0 aliphatic rings. The molecule has 0 radical (unpaired) electrons. The maximum absolute atomic E-state index is 13.2. The molecule has 1 aromatic carbocycles. The highest BCUT2D eigenvalue weighted by Crippen LogP contribution is 2.18. The van der Waals surface area contributed by atoms with Gasteiger partial charge in [0.2, 0.25) is 0 Å². The fourth-order valence-electron chi connectivity index (χ4n) is 0.879. The van der Waals surface area contributed by atoms with Crippen LogP contribution in [-0.4, -0.2) is 12.9 Å². The van der Waals surface area contributed by atoms with Crippen molar-refractivity contribution in [2.24, 2.45) is 0 Å². The first kappa shape index (κ1) is 9.45. The zero-order valence-corrected chi connectivity index (χ0v) is 7.00. The quantitative estimate of drug-likeness (QED) is 0.524. The number of carbonyl (C=O) groups excluding carboxylic acids is 1. The second-order valence-electron chi connectivity index (χ2n) is 2.38. The van der Waals surface area contributed by atoms with Gasteiger partial charge in [0.05, 0.1) is 5.56 Å². The number of hydrogen-bond donors (Lipinski definition) is 0. The van der Waals surface area contributed by atoms with E-state index in [1.54, 1.807) is 6.07 Å². The molecule has 1 rings (SSSR count). The average Bonchev–Trinajstić information content (AvgIpc) is 2.16. The lowest BCUT2D eigenvalue weighted by Gasteiger charge is -2.04. The fourth-order valence-corrected chi connectivity index (χ4v) is 0.879. The summed E-state index contributed by atoms with van der Waals surface area (Å²) in [7, 11) is 0. The number of halogens is 1. The first-order chi connectivity index (χ1) is 6.29. The van der Waals surface area contributed by atoms with Crippen LogP contribution in [0.1, 0.15) is 10.4 Å². The molecule has 0 amide bonds. The van der Waals surface area contributed by atoms with E-state index in [-0.39, 0.29) is 17.9 Å². The first-order valence-corrected chi connectivity index (χ1v) is 3.77. The Balaban J connectivity index is 2.93. The topological polar surface area (TPSA) is 26.3 Å². The van der Waals surface area contributed by atoms with E-state index in [0.717, 1.165) is 0 Å². The van der Waals surface area contributed by atoms with Crippen LogP contribution >= 0.6 is 0 Å². The summed E-state index contributed by atoms with van der Waals surface area (Å²) in [6, 6.07) is 4.42. The second kappa shape index (κ2) is 4.40. The highest BCUT2D eigenvalue weighted by molar-refractivity contribution is 5.76. The van der Waals surface area contributed by atoms with Gasteiger partial charge in [-0.3, -0.25) is 4.79 Å². The minimum atomic E-state index is -0.626. The van der Waals surface area contributed by atoms with Crippen LogP contribution in [0.15, 0.2) is 30.9 Å². The van der Waals surface area contributed by atoms with Gasteiger partial charge in [-0.2, -0.15) is 0 Å². The summed E-state index contributed by atoms with van der Waals surface area (Å²) in [6.45, 7) is 3.65. The molecule has 0 fully saturated rings. The van der Waals surface area contributed by atoms with Crippen LogP contribution in [0.4, 0.5) is 4.39 Å². The number of hydrogen-bond acceptors (Lipinski definition) is 2. The van der Waals surface area contributed by atoms with E-state index < -0.39 is 5.82 Å². The predicted molar refractivity (Wildman–Crippen MR) is 47.5 cm³/mol. The lowest BCUT2D eigenvalue weighted by atomic mass is 10.2. The van der Waals surface area contributed by atoms with Crippen LogP contribution in [0.2, 0.25) is 0 Å². The lowest BCUT2D eigenvalue weighted by Crippen LogP contribution is -1.98. The third-order valence-electron chi connectivity index (χ3n) is 1.48. The fraction of sp³-hybridized carbons (Fsp3) is 0.100. The molecule has 2 nitrogen and oxygen atoms in total. The van der Waals surface area contributed by atoms with E-state index >= 15 is 0 Å². The highest BCUT2D eigenvalue weighted by Gasteiger charge is 2.06. The molecule has 3 heteroatoms. The summed E-state index contributed by atoms with van der Waals surface area (Å²) >= 11 is 0. The van der Waals surface area contributed by atoms with Crippen molar-refractivity contribution in [2.45, 2.75) is 0 Å².